The molecule has 1 N–H and O–H groups in total. The molecule has 0 spiro atoms. The van der Waals surface area contributed by atoms with Crippen molar-refractivity contribution in [3.05, 3.63) is 35.6 Å². The van der Waals surface area contributed by atoms with E-state index in [1.807, 2.05) is 6.07 Å². The van der Waals surface area contributed by atoms with Gasteiger partial charge in [0.05, 0.1) is 0 Å². The number of benzene rings is 1. The van der Waals surface area contributed by atoms with Gasteiger partial charge in [0.15, 0.2) is 0 Å². The highest BCUT2D eigenvalue weighted by atomic mass is 19.1. The summed E-state index contributed by atoms with van der Waals surface area (Å²) < 4.78 is 13.4. The number of hydrogen-bond donors (Lipinski definition) is 1. The molecule has 0 amide bonds. The number of halogens is 1. The molecular formula is C15H21FN2. The maximum atomic E-state index is 13.4. The molecule has 1 aromatic rings. The van der Waals surface area contributed by atoms with E-state index in [9.17, 15) is 4.39 Å². The lowest BCUT2D eigenvalue weighted by Crippen LogP contribution is -2.45. The number of nitrogens with one attached hydrogen (secondary N) is 1. The van der Waals surface area contributed by atoms with Crippen molar-refractivity contribution in [2.24, 2.45) is 5.92 Å². The minimum atomic E-state index is -0.108. The van der Waals surface area contributed by atoms with Crippen molar-refractivity contribution in [2.45, 2.75) is 25.3 Å². The number of nitrogens with zero attached hydrogens (tertiary/aromatic N) is 1. The zero-order chi connectivity index (χ0) is 12.4. The Morgan fingerprint density at radius 1 is 1.28 bits per heavy atom. The third-order valence-electron chi connectivity index (χ3n) is 4.08. The van der Waals surface area contributed by atoms with Gasteiger partial charge < -0.3 is 5.32 Å². The summed E-state index contributed by atoms with van der Waals surface area (Å²) in [5, 5.41) is 3.39. The second-order valence-corrected chi connectivity index (χ2v) is 5.54. The highest BCUT2D eigenvalue weighted by molar-refractivity contribution is 5.21. The minimum Gasteiger partial charge on any atom is -0.314 e. The van der Waals surface area contributed by atoms with Crippen molar-refractivity contribution in [1.82, 2.24) is 10.2 Å². The second-order valence-electron chi connectivity index (χ2n) is 5.54. The lowest BCUT2D eigenvalue weighted by Gasteiger charge is -2.35. The van der Waals surface area contributed by atoms with Gasteiger partial charge in [-0.05, 0) is 30.0 Å². The first-order valence-electron chi connectivity index (χ1n) is 7.03. The van der Waals surface area contributed by atoms with Gasteiger partial charge in [0, 0.05) is 32.2 Å². The molecule has 3 heteroatoms. The van der Waals surface area contributed by atoms with Gasteiger partial charge in [-0.1, -0.05) is 25.0 Å². The van der Waals surface area contributed by atoms with Crippen LogP contribution in [0.15, 0.2) is 24.3 Å². The lowest BCUT2D eigenvalue weighted by molar-refractivity contribution is 0.160. The molecule has 2 aliphatic rings. The third-order valence-corrected chi connectivity index (χ3v) is 4.08. The topological polar surface area (TPSA) is 15.3 Å². The van der Waals surface area contributed by atoms with Gasteiger partial charge in [-0.2, -0.15) is 0 Å². The maximum absolute atomic E-state index is 13.4. The van der Waals surface area contributed by atoms with E-state index in [1.54, 1.807) is 6.07 Å². The van der Waals surface area contributed by atoms with Crippen LogP contribution in [-0.4, -0.2) is 31.1 Å². The summed E-state index contributed by atoms with van der Waals surface area (Å²) in [5.74, 6) is 0.761. The quantitative estimate of drug-likeness (QED) is 0.881. The molecule has 18 heavy (non-hydrogen) atoms. The van der Waals surface area contributed by atoms with Gasteiger partial charge in [-0.25, -0.2) is 4.39 Å². The summed E-state index contributed by atoms with van der Waals surface area (Å²) in [6.07, 6.45) is 3.92. The van der Waals surface area contributed by atoms with Crippen LogP contribution >= 0.6 is 0 Å². The average Bonchev–Trinajstić information content (AvgIpc) is 3.21. The first-order chi connectivity index (χ1) is 8.83. The van der Waals surface area contributed by atoms with Crippen LogP contribution in [0.4, 0.5) is 4.39 Å². The molecule has 0 bridgehead atoms. The first kappa shape index (κ1) is 12.1. The van der Waals surface area contributed by atoms with Crippen LogP contribution in [0.5, 0.6) is 0 Å². The summed E-state index contributed by atoms with van der Waals surface area (Å²) in [5.41, 5.74) is 1.16. The van der Waals surface area contributed by atoms with Gasteiger partial charge in [0.2, 0.25) is 0 Å². The Bertz CT molecular complexity index is 397. The molecule has 3 rings (SSSR count). The third kappa shape index (κ3) is 2.90. The van der Waals surface area contributed by atoms with Crippen LogP contribution in [0.1, 0.15) is 30.9 Å². The summed E-state index contributed by atoms with van der Waals surface area (Å²) in [6.45, 7) is 4.26. The Labute approximate surface area is 108 Å². The van der Waals surface area contributed by atoms with E-state index in [-0.39, 0.29) is 5.82 Å². The smallest absolute Gasteiger partial charge is 0.123 e. The van der Waals surface area contributed by atoms with E-state index in [0.717, 1.165) is 37.7 Å². The molecule has 0 radical (unpaired) electrons. The fraction of sp³-hybridized carbons (Fsp3) is 0.600. The Hall–Kier alpha value is -0.930. The number of rotatable bonds is 4. The maximum Gasteiger partial charge on any atom is 0.123 e. The monoisotopic (exact) mass is 248 g/mol. The van der Waals surface area contributed by atoms with E-state index in [2.05, 4.69) is 16.3 Å². The summed E-state index contributed by atoms with van der Waals surface area (Å²) in [4.78, 5) is 2.52. The van der Waals surface area contributed by atoms with Gasteiger partial charge >= 0.3 is 0 Å². The van der Waals surface area contributed by atoms with Gasteiger partial charge in [0.1, 0.15) is 5.82 Å². The van der Waals surface area contributed by atoms with Gasteiger partial charge in [0.25, 0.3) is 0 Å². The Morgan fingerprint density at radius 2 is 2.06 bits per heavy atom. The largest absolute Gasteiger partial charge is 0.314 e. The highest BCUT2D eigenvalue weighted by Crippen LogP contribution is 2.40. The lowest BCUT2D eigenvalue weighted by atomic mass is 9.98. The van der Waals surface area contributed by atoms with E-state index in [1.165, 1.54) is 25.3 Å². The summed E-state index contributed by atoms with van der Waals surface area (Å²) in [7, 11) is 0. The zero-order valence-electron chi connectivity index (χ0n) is 10.7. The molecule has 1 atom stereocenters. The van der Waals surface area contributed by atoms with E-state index in [0.29, 0.717) is 6.04 Å². The fourth-order valence-electron chi connectivity index (χ4n) is 2.87. The molecule has 1 saturated carbocycles. The minimum absolute atomic E-state index is 0.108. The molecule has 1 heterocycles. The average molecular weight is 248 g/mol. The molecule has 1 aromatic carbocycles. The zero-order valence-corrected chi connectivity index (χ0v) is 10.7. The van der Waals surface area contributed by atoms with Crippen molar-refractivity contribution < 1.29 is 4.39 Å². The summed E-state index contributed by atoms with van der Waals surface area (Å²) in [6, 6.07) is 7.59. The van der Waals surface area contributed by atoms with Crippen molar-refractivity contribution >= 4 is 0 Å². The molecule has 2 nitrogen and oxygen atoms in total. The van der Waals surface area contributed by atoms with E-state index in [4.69, 9.17) is 0 Å². The van der Waals surface area contributed by atoms with Crippen LogP contribution in [0.2, 0.25) is 0 Å². The highest BCUT2D eigenvalue weighted by Gasteiger charge is 2.30. The molecule has 1 aliphatic heterocycles. The second kappa shape index (κ2) is 5.37. The molecule has 1 saturated heterocycles. The van der Waals surface area contributed by atoms with Crippen molar-refractivity contribution in [3.63, 3.8) is 0 Å². The number of hydrogen-bond acceptors (Lipinski definition) is 2. The van der Waals surface area contributed by atoms with Crippen LogP contribution in [0.25, 0.3) is 0 Å². The molecular weight excluding hydrogens is 227 g/mol. The van der Waals surface area contributed by atoms with E-state index < -0.39 is 0 Å². The predicted octanol–water partition coefficient (Wildman–Crippen LogP) is 2.57. The molecule has 98 valence electrons. The molecule has 0 unspecified atom stereocenters. The Morgan fingerprint density at radius 3 is 2.72 bits per heavy atom. The van der Waals surface area contributed by atoms with Crippen LogP contribution in [0, 0.1) is 11.7 Å². The van der Waals surface area contributed by atoms with Crippen LogP contribution in [0.3, 0.4) is 0 Å². The van der Waals surface area contributed by atoms with Crippen molar-refractivity contribution in [2.75, 3.05) is 26.2 Å². The first-order valence-corrected chi connectivity index (χ1v) is 7.03. The Balaban J connectivity index is 1.78. The van der Waals surface area contributed by atoms with Gasteiger partial charge in [-0.3, -0.25) is 4.90 Å². The standard InChI is InChI=1S/C15H21FN2/c16-14-3-1-2-13(11-14)15(10-12-4-5-12)18-8-6-17-7-9-18/h1-3,11-12,15,17H,4-10H2/t15-/m1/s1. The predicted molar refractivity (Wildman–Crippen MR) is 70.9 cm³/mol. The SMILES string of the molecule is Fc1cccc([C@@H](CC2CC2)N2CCNCC2)c1. The van der Waals surface area contributed by atoms with Crippen LogP contribution < -0.4 is 5.32 Å². The van der Waals surface area contributed by atoms with Crippen molar-refractivity contribution in [1.29, 1.82) is 0 Å². The number of piperazine rings is 1. The molecule has 2 fully saturated rings. The fourth-order valence-corrected chi connectivity index (χ4v) is 2.87. The normalized spacial score (nSPS) is 22.9. The molecule has 1 aliphatic carbocycles. The van der Waals surface area contributed by atoms with Gasteiger partial charge in [-0.15, -0.1) is 0 Å². The molecule has 0 aromatic heterocycles. The summed E-state index contributed by atoms with van der Waals surface area (Å²) >= 11 is 0. The van der Waals surface area contributed by atoms with Crippen molar-refractivity contribution in [3.8, 4) is 0 Å². The van der Waals surface area contributed by atoms with Crippen LogP contribution in [-0.2, 0) is 0 Å². The Kier molecular flexibility index (Phi) is 3.62. The van der Waals surface area contributed by atoms with E-state index >= 15 is 0 Å².